The average Bonchev–Trinajstić information content (AvgIpc) is 4.29. The molecule has 366 valence electrons. The van der Waals surface area contributed by atoms with Gasteiger partial charge in [-0.1, -0.05) is 13.0 Å². The van der Waals surface area contributed by atoms with E-state index in [4.69, 9.17) is 19.4 Å². The molecule has 6 fully saturated rings. The van der Waals surface area contributed by atoms with Gasteiger partial charge in [0, 0.05) is 93.8 Å². The fraction of sp³-hybridized carbons (Fsp3) is 0.509. The van der Waals surface area contributed by atoms with E-state index in [0.29, 0.717) is 83.7 Å². The summed E-state index contributed by atoms with van der Waals surface area (Å²) in [6, 6.07) is 11.6. The molecule has 12 rings (SSSR count). The van der Waals surface area contributed by atoms with E-state index in [1.54, 1.807) is 23.2 Å². The number of fused-ring (bicyclic) bond motifs is 4. The molecule has 0 bridgehead atoms. The first-order chi connectivity index (χ1) is 34.0. The Bertz CT molecular complexity index is 2920. The molecule has 7 aliphatic rings. The first-order valence-electron chi connectivity index (χ1n) is 25.3. The molecule has 2 aromatic heterocycles. The zero-order chi connectivity index (χ0) is 47.8. The number of aromatic hydroxyl groups is 1. The highest BCUT2D eigenvalue weighted by Gasteiger charge is 2.47. The van der Waals surface area contributed by atoms with Crippen molar-refractivity contribution in [1.82, 2.24) is 35.0 Å². The Labute approximate surface area is 405 Å². The first-order valence-corrected chi connectivity index (χ1v) is 25.3. The second-order valence-corrected chi connectivity index (χ2v) is 20.8. The van der Waals surface area contributed by atoms with Gasteiger partial charge in [0.25, 0.3) is 5.91 Å². The van der Waals surface area contributed by atoms with E-state index in [9.17, 15) is 19.5 Å². The molecule has 3 atom stereocenters. The number of carbonyl (C=O) groups is 3. The third-order valence-electron chi connectivity index (χ3n) is 16.1. The van der Waals surface area contributed by atoms with Gasteiger partial charge in [-0.2, -0.15) is 9.97 Å². The fourth-order valence-corrected chi connectivity index (χ4v) is 11.9. The van der Waals surface area contributed by atoms with E-state index in [1.165, 1.54) is 12.1 Å². The van der Waals surface area contributed by atoms with Gasteiger partial charge in [-0.3, -0.25) is 29.6 Å². The normalized spacial score (nSPS) is 24.0. The van der Waals surface area contributed by atoms with Crippen LogP contribution in [0.3, 0.4) is 0 Å². The summed E-state index contributed by atoms with van der Waals surface area (Å²) < 4.78 is 44.9. The monoisotopic (exact) mass is 955 g/mol. The number of aryl methyl sites for hydroxylation is 1. The Morgan fingerprint density at radius 1 is 0.914 bits per heavy atom. The standard InChI is InChI=1S/C53H59F2N9O6/c1-2-36-40(54)7-4-32-23-35(65)24-38(45(32)36)47-46(55)48-39(26-56-47)49(63-14-3-21-69-43-25-42(43)63)59-52(58-48)70-30-53(12-13-53)29-61-15-10-31(11-16-61)27-60-17-19-62(20-18-60)34-5-6-37-33(22-34)28-64(51(37)68)41-8-9-44(66)57-50(41)67/h4-7,22-24,26,31,41-43,65H,2-3,8-21,25,27-30H2,1H3,(H,57,66,67)/t41-,42?,43?/m0/s1. The third kappa shape index (κ3) is 8.46. The second-order valence-electron chi connectivity index (χ2n) is 20.8. The predicted octanol–water partition coefficient (Wildman–Crippen LogP) is 6.21. The number of anilines is 2. The largest absolute Gasteiger partial charge is 0.508 e. The number of benzene rings is 3. The SMILES string of the molecule is CCc1c(F)ccc2cc(O)cc(-c3ncc4c(N5CCCOC6CC65)nc(OCC5(CN6CCC(CN7CCN(c8ccc9c(c8)CN([C@H]8CCC(=O)NC8=O)C9=O)CC7)CC6)CC5)nc4c3F)c12. The number of rotatable bonds is 12. The number of nitrogens with zero attached hydrogens (tertiary/aromatic N) is 8. The van der Waals surface area contributed by atoms with Crippen molar-refractivity contribution in [3.8, 4) is 23.0 Å². The van der Waals surface area contributed by atoms with Gasteiger partial charge in [-0.15, -0.1) is 0 Å². The lowest BCUT2D eigenvalue weighted by atomic mass is 9.94. The molecule has 4 saturated heterocycles. The molecule has 2 saturated carbocycles. The Hall–Kier alpha value is -6.04. The fourth-order valence-electron chi connectivity index (χ4n) is 11.9. The summed E-state index contributed by atoms with van der Waals surface area (Å²) >= 11 is 0. The maximum Gasteiger partial charge on any atom is 0.319 e. The molecule has 0 spiro atoms. The number of ether oxygens (including phenoxy) is 2. The van der Waals surface area contributed by atoms with Gasteiger partial charge in [0.1, 0.15) is 34.6 Å². The minimum absolute atomic E-state index is 0.0189. The second kappa shape index (κ2) is 18.0. The highest BCUT2D eigenvalue weighted by Crippen LogP contribution is 2.48. The number of piperazine rings is 1. The van der Waals surface area contributed by atoms with Crippen LogP contribution in [0, 0.1) is 23.0 Å². The summed E-state index contributed by atoms with van der Waals surface area (Å²) in [4.78, 5) is 63.2. The van der Waals surface area contributed by atoms with E-state index in [-0.39, 0.29) is 58.8 Å². The lowest BCUT2D eigenvalue weighted by Crippen LogP contribution is -2.52. The highest BCUT2D eigenvalue weighted by molar-refractivity contribution is 6.06. The molecule has 70 heavy (non-hydrogen) atoms. The number of halogens is 2. The minimum Gasteiger partial charge on any atom is -0.508 e. The molecule has 2 unspecified atom stereocenters. The molecule has 2 N–H and O–H groups in total. The van der Waals surface area contributed by atoms with Crippen molar-refractivity contribution in [2.45, 2.75) is 89.4 Å². The average molecular weight is 956 g/mol. The van der Waals surface area contributed by atoms with Crippen molar-refractivity contribution in [3.05, 3.63) is 77.0 Å². The van der Waals surface area contributed by atoms with Crippen molar-refractivity contribution in [1.29, 1.82) is 0 Å². The van der Waals surface area contributed by atoms with Crippen LogP contribution in [0.25, 0.3) is 32.9 Å². The van der Waals surface area contributed by atoms with Crippen LogP contribution in [0.4, 0.5) is 20.3 Å². The van der Waals surface area contributed by atoms with Crippen molar-refractivity contribution in [3.63, 3.8) is 0 Å². The van der Waals surface area contributed by atoms with Crippen molar-refractivity contribution >= 4 is 50.9 Å². The molecule has 15 nitrogen and oxygen atoms in total. The van der Waals surface area contributed by atoms with Crippen molar-refractivity contribution in [2.75, 3.05) is 81.9 Å². The van der Waals surface area contributed by atoms with Crippen LogP contribution in [0.2, 0.25) is 0 Å². The van der Waals surface area contributed by atoms with Crippen LogP contribution in [-0.2, 0) is 27.3 Å². The minimum atomic E-state index is -0.673. The Morgan fingerprint density at radius 2 is 1.74 bits per heavy atom. The Kier molecular flexibility index (Phi) is 11.6. The van der Waals surface area contributed by atoms with Gasteiger partial charge in [0.15, 0.2) is 5.82 Å². The lowest BCUT2D eigenvalue weighted by Gasteiger charge is -2.40. The van der Waals surface area contributed by atoms with Gasteiger partial charge in [-0.25, -0.2) is 8.78 Å². The zero-order valence-electron chi connectivity index (χ0n) is 39.6. The number of nitrogens with one attached hydrogen (secondary N) is 1. The van der Waals surface area contributed by atoms with Crippen LogP contribution >= 0.6 is 0 Å². The number of imide groups is 1. The molecular formula is C53H59F2N9O6. The molecule has 7 heterocycles. The summed E-state index contributed by atoms with van der Waals surface area (Å²) in [6.45, 7) is 11.8. The summed E-state index contributed by atoms with van der Waals surface area (Å²) in [5.74, 6) is -0.761. The Morgan fingerprint density at radius 3 is 2.53 bits per heavy atom. The number of amides is 3. The van der Waals surface area contributed by atoms with E-state index in [1.807, 2.05) is 19.1 Å². The number of carbonyl (C=O) groups excluding carboxylic acids is 3. The first kappa shape index (κ1) is 45.1. The number of piperidine rings is 2. The van der Waals surface area contributed by atoms with Crippen LogP contribution in [0.15, 0.2) is 48.7 Å². The summed E-state index contributed by atoms with van der Waals surface area (Å²) in [5.41, 5.74) is 3.42. The topological polar surface area (TPSA) is 157 Å². The number of phenolic OH excluding ortho intramolecular Hbond substituents is 1. The maximum atomic E-state index is 17.2. The van der Waals surface area contributed by atoms with Gasteiger partial charge >= 0.3 is 6.01 Å². The highest BCUT2D eigenvalue weighted by atomic mass is 19.1. The molecule has 17 heteroatoms. The molecule has 3 aromatic carbocycles. The van der Waals surface area contributed by atoms with Crippen LogP contribution in [0.5, 0.6) is 11.8 Å². The summed E-state index contributed by atoms with van der Waals surface area (Å²) in [7, 11) is 0. The van der Waals surface area contributed by atoms with Gasteiger partial charge < -0.3 is 34.2 Å². The Balaban J connectivity index is 0.684. The summed E-state index contributed by atoms with van der Waals surface area (Å²) in [5, 5.41) is 14.7. The van der Waals surface area contributed by atoms with E-state index >= 15 is 8.78 Å². The molecule has 5 aromatic rings. The predicted molar refractivity (Wildman–Crippen MR) is 259 cm³/mol. The molecule has 5 aliphatic heterocycles. The quantitative estimate of drug-likeness (QED) is 0.136. The van der Waals surface area contributed by atoms with Gasteiger partial charge in [0.05, 0.1) is 24.1 Å². The van der Waals surface area contributed by atoms with Gasteiger partial charge in [0.2, 0.25) is 11.8 Å². The number of aromatic nitrogens is 3. The molecular weight excluding hydrogens is 897 g/mol. The number of pyridine rings is 1. The smallest absolute Gasteiger partial charge is 0.319 e. The zero-order valence-corrected chi connectivity index (χ0v) is 39.6. The number of hydrogen-bond donors (Lipinski definition) is 2. The lowest BCUT2D eigenvalue weighted by molar-refractivity contribution is -0.136. The van der Waals surface area contributed by atoms with Crippen LogP contribution in [0.1, 0.15) is 79.8 Å². The van der Waals surface area contributed by atoms with E-state index in [2.05, 4.69) is 36.0 Å². The van der Waals surface area contributed by atoms with E-state index in [0.717, 1.165) is 102 Å². The number of hydrogen-bond acceptors (Lipinski definition) is 13. The van der Waals surface area contributed by atoms with Crippen molar-refractivity contribution in [2.24, 2.45) is 11.3 Å². The molecule has 0 radical (unpaired) electrons. The van der Waals surface area contributed by atoms with Gasteiger partial charge in [-0.05, 0) is 129 Å². The molecule has 2 aliphatic carbocycles. The molecule has 3 amide bonds. The third-order valence-corrected chi connectivity index (χ3v) is 16.1. The number of phenols is 1. The van der Waals surface area contributed by atoms with Crippen LogP contribution < -0.4 is 19.9 Å². The maximum absolute atomic E-state index is 17.2. The number of likely N-dealkylation sites (tertiary alicyclic amines) is 1. The van der Waals surface area contributed by atoms with E-state index < -0.39 is 23.6 Å². The van der Waals surface area contributed by atoms with Crippen molar-refractivity contribution < 1.29 is 37.7 Å². The summed E-state index contributed by atoms with van der Waals surface area (Å²) in [6.07, 6.45) is 8.68. The van der Waals surface area contributed by atoms with Crippen LogP contribution in [-0.4, -0.2) is 143 Å².